The zero-order valence-electron chi connectivity index (χ0n) is 22.7. The van der Waals surface area contributed by atoms with Crippen molar-refractivity contribution in [2.45, 2.75) is 92.7 Å². The molecule has 0 aliphatic rings. The van der Waals surface area contributed by atoms with Crippen LogP contribution in [0.15, 0.2) is 35.8 Å². The molecule has 0 rings (SSSR count). The second-order valence-corrected chi connectivity index (χ2v) is 8.61. The molecule has 33 heavy (non-hydrogen) atoms. The van der Waals surface area contributed by atoms with Crippen molar-refractivity contribution in [1.82, 2.24) is 0 Å². The summed E-state index contributed by atoms with van der Waals surface area (Å²) in [6.07, 6.45) is 7.47. The van der Waals surface area contributed by atoms with Crippen LogP contribution in [0.4, 0.5) is 0 Å². The fourth-order valence-corrected chi connectivity index (χ4v) is 2.91. The van der Waals surface area contributed by atoms with E-state index >= 15 is 0 Å². The highest BCUT2D eigenvalue weighted by molar-refractivity contribution is 5.69. The van der Waals surface area contributed by atoms with E-state index in [1.807, 2.05) is 26.0 Å². The summed E-state index contributed by atoms with van der Waals surface area (Å²) in [4.78, 5) is 11.6. The van der Waals surface area contributed by atoms with Crippen molar-refractivity contribution in [3.05, 3.63) is 35.8 Å². The Balaban J connectivity index is 0. The van der Waals surface area contributed by atoms with Gasteiger partial charge in [-0.1, -0.05) is 53.7 Å². The third kappa shape index (κ3) is 16.5. The van der Waals surface area contributed by atoms with Crippen LogP contribution in [0.3, 0.4) is 0 Å². The summed E-state index contributed by atoms with van der Waals surface area (Å²) in [5, 5.41) is 0. The Bertz CT molecular complexity index is 583. The van der Waals surface area contributed by atoms with E-state index in [1.165, 1.54) is 6.42 Å². The molecule has 0 heterocycles. The summed E-state index contributed by atoms with van der Waals surface area (Å²) in [6, 6.07) is -0.222. The van der Waals surface area contributed by atoms with Gasteiger partial charge in [0.2, 0.25) is 0 Å². The maximum absolute atomic E-state index is 11.6. The molecule has 0 aliphatic heterocycles. The molecule has 0 amide bonds. The van der Waals surface area contributed by atoms with Crippen LogP contribution in [-0.2, 0) is 23.7 Å². The number of allylic oxidation sites excluding steroid dienone is 4. The van der Waals surface area contributed by atoms with Crippen LogP contribution in [-0.4, -0.2) is 45.5 Å². The lowest BCUT2D eigenvalue weighted by Gasteiger charge is -2.28. The topological polar surface area (TPSA) is 80.0 Å². The molecule has 0 radical (unpaired) electrons. The van der Waals surface area contributed by atoms with Gasteiger partial charge in [0.25, 0.3) is 0 Å². The molecule has 6 heteroatoms. The largest absolute Gasteiger partial charge is 0.498 e. The van der Waals surface area contributed by atoms with E-state index in [2.05, 4.69) is 34.3 Å². The average molecular weight is 470 g/mol. The zero-order valence-corrected chi connectivity index (χ0v) is 22.7. The third-order valence-corrected chi connectivity index (χ3v) is 5.21. The lowest BCUT2D eigenvalue weighted by Crippen LogP contribution is -2.38. The van der Waals surface area contributed by atoms with Crippen LogP contribution in [0, 0.1) is 11.8 Å². The Morgan fingerprint density at radius 1 is 1.09 bits per heavy atom. The van der Waals surface area contributed by atoms with Gasteiger partial charge in [-0.05, 0) is 50.2 Å². The van der Waals surface area contributed by atoms with Gasteiger partial charge >= 0.3 is 5.97 Å². The summed E-state index contributed by atoms with van der Waals surface area (Å²) in [7, 11) is 3.30. The Labute approximate surface area is 203 Å². The smallest absolute Gasteiger partial charge is 0.305 e. The SMILES string of the molecule is C=C/C(=C\C(OCCCOC)=C(/C)OC)CC(C[C@H](N)C(C)OC(=O)CC)C(C)C.CCC. The highest BCUT2D eigenvalue weighted by Crippen LogP contribution is 2.27. The molecular formula is C27H51NO5. The molecule has 3 atom stereocenters. The molecular weight excluding hydrogens is 418 g/mol. The molecule has 194 valence electrons. The maximum atomic E-state index is 11.6. The van der Waals surface area contributed by atoms with E-state index in [4.69, 9.17) is 24.7 Å². The summed E-state index contributed by atoms with van der Waals surface area (Å²) in [6.45, 7) is 19.3. The molecule has 0 bridgehead atoms. The van der Waals surface area contributed by atoms with E-state index in [1.54, 1.807) is 21.1 Å². The van der Waals surface area contributed by atoms with Gasteiger partial charge in [0, 0.05) is 32.6 Å². The summed E-state index contributed by atoms with van der Waals surface area (Å²) >= 11 is 0. The minimum atomic E-state index is -0.315. The van der Waals surface area contributed by atoms with Crippen LogP contribution in [0.25, 0.3) is 0 Å². The molecule has 0 spiro atoms. The number of hydrogen-bond donors (Lipinski definition) is 1. The van der Waals surface area contributed by atoms with E-state index in [9.17, 15) is 4.79 Å². The van der Waals surface area contributed by atoms with Crippen molar-refractivity contribution in [2.24, 2.45) is 17.6 Å². The van der Waals surface area contributed by atoms with Crippen molar-refractivity contribution in [2.75, 3.05) is 27.4 Å². The number of carbonyl (C=O) groups excluding carboxylic acids is 1. The number of esters is 1. The molecule has 0 aromatic heterocycles. The molecule has 0 aromatic carbocycles. The van der Waals surface area contributed by atoms with Crippen molar-refractivity contribution in [3.63, 3.8) is 0 Å². The van der Waals surface area contributed by atoms with Crippen LogP contribution >= 0.6 is 0 Å². The predicted octanol–water partition coefficient (Wildman–Crippen LogP) is 6.17. The fourth-order valence-electron chi connectivity index (χ4n) is 2.91. The van der Waals surface area contributed by atoms with Crippen LogP contribution in [0.5, 0.6) is 0 Å². The van der Waals surface area contributed by atoms with Gasteiger partial charge in [-0.3, -0.25) is 4.79 Å². The summed E-state index contributed by atoms with van der Waals surface area (Å²) in [5.41, 5.74) is 7.41. The lowest BCUT2D eigenvalue weighted by molar-refractivity contribution is -0.149. The van der Waals surface area contributed by atoms with Crippen LogP contribution < -0.4 is 5.73 Å². The Kier molecular flexibility index (Phi) is 21.0. The number of carbonyl (C=O) groups is 1. The Morgan fingerprint density at radius 3 is 2.15 bits per heavy atom. The number of ether oxygens (including phenoxy) is 4. The first-order valence-electron chi connectivity index (χ1n) is 12.3. The minimum Gasteiger partial charge on any atom is -0.498 e. The molecule has 0 aliphatic carbocycles. The molecule has 6 nitrogen and oxygen atoms in total. The number of nitrogens with two attached hydrogens (primary N) is 1. The minimum absolute atomic E-state index is 0.221. The van der Waals surface area contributed by atoms with Crippen molar-refractivity contribution < 1.29 is 23.7 Å². The first-order chi connectivity index (χ1) is 15.6. The second-order valence-electron chi connectivity index (χ2n) is 8.61. The van der Waals surface area contributed by atoms with Crippen molar-refractivity contribution in [3.8, 4) is 0 Å². The van der Waals surface area contributed by atoms with Gasteiger partial charge in [-0.2, -0.15) is 0 Å². The van der Waals surface area contributed by atoms with Crippen LogP contribution in [0.1, 0.15) is 80.6 Å². The Hall–Kier alpha value is -1.79. The first kappa shape index (κ1) is 33.4. The molecule has 0 aromatic rings. The average Bonchev–Trinajstić information content (AvgIpc) is 2.79. The summed E-state index contributed by atoms with van der Waals surface area (Å²) < 4.78 is 21.8. The standard InChI is InChI=1S/C24H43NO5.C3H8/c1-9-20(15-23(19(6)28-8)29-13-11-12-27-7)14-21(17(3)4)16-22(25)18(5)30-24(26)10-2;1-3-2/h9,15,17-18,21-22H,1,10-14,16,25H2,2-8H3;3H2,1-2H3/b20-15+,23-19-;/t18?,21?,22-;/m0./s1. The van der Waals surface area contributed by atoms with Gasteiger partial charge in [-0.25, -0.2) is 0 Å². The molecule has 0 saturated heterocycles. The van der Waals surface area contributed by atoms with Crippen molar-refractivity contribution in [1.29, 1.82) is 0 Å². The number of methoxy groups -OCH3 is 2. The molecule has 2 unspecified atom stereocenters. The van der Waals surface area contributed by atoms with Gasteiger partial charge in [-0.15, -0.1) is 0 Å². The van der Waals surface area contributed by atoms with E-state index in [-0.39, 0.29) is 18.1 Å². The monoisotopic (exact) mass is 469 g/mol. The van der Waals surface area contributed by atoms with Gasteiger partial charge in [0.1, 0.15) is 11.9 Å². The van der Waals surface area contributed by atoms with Crippen LogP contribution in [0.2, 0.25) is 0 Å². The maximum Gasteiger partial charge on any atom is 0.305 e. The van der Waals surface area contributed by atoms with Gasteiger partial charge in [0.05, 0.1) is 13.7 Å². The lowest BCUT2D eigenvalue weighted by atomic mass is 9.83. The quantitative estimate of drug-likeness (QED) is 0.126. The van der Waals surface area contributed by atoms with E-state index < -0.39 is 0 Å². The highest BCUT2D eigenvalue weighted by atomic mass is 16.5. The number of hydrogen-bond acceptors (Lipinski definition) is 6. The van der Waals surface area contributed by atoms with Gasteiger partial charge in [0.15, 0.2) is 5.76 Å². The zero-order chi connectivity index (χ0) is 25.8. The molecule has 2 N–H and O–H groups in total. The normalized spacial score (nSPS) is 14.9. The summed E-state index contributed by atoms with van der Waals surface area (Å²) in [5.74, 6) is 1.91. The molecule has 0 saturated carbocycles. The van der Waals surface area contributed by atoms with E-state index in [0.717, 1.165) is 24.8 Å². The number of rotatable bonds is 16. The fraction of sp³-hybridized carbons (Fsp3) is 0.741. The van der Waals surface area contributed by atoms with Crippen molar-refractivity contribution >= 4 is 5.97 Å². The third-order valence-electron chi connectivity index (χ3n) is 5.21. The van der Waals surface area contributed by atoms with Gasteiger partial charge < -0.3 is 24.7 Å². The second kappa shape index (κ2) is 20.8. The van der Waals surface area contributed by atoms with E-state index in [0.29, 0.717) is 43.0 Å². The highest BCUT2D eigenvalue weighted by Gasteiger charge is 2.24. The molecule has 0 fully saturated rings. The first-order valence-corrected chi connectivity index (χ1v) is 12.3. The predicted molar refractivity (Wildman–Crippen MR) is 138 cm³/mol. The Morgan fingerprint density at radius 2 is 1.70 bits per heavy atom.